The number of hydrogen-bond donors (Lipinski definition) is 2. The average molecular weight is 318 g/mol. The maximum atomic E-state index is 12.5. The Kier molecular flexibility index (Phi) is 3.92. The van der Waals surface area contributed by atoms with Crippen LogP contribution in [0.2, 0.25) is 0 Å². The van der Waals surface area contributed by atoms with Crippen LogP contribution in [0.15, 0.2) is 24.3 Å². The van der Waals surface area contributed by atoms with Crippen LogP contribution >= 0.6 is 0 Å². The van der Waals surface area contributed by atoms with Gasteiger partial charge in [0.25, 0.3) is 0 Å². The Labute approximate surface area is 135 Å². The highest BCUT2D eigenvalue weighted by Crippen LogP contribution is 2.39. The zero-order chi connectivity index (χ0) is 16.6. The minimum Gasteiger partial charge on any atom is -0.487 e. The Morgan fingerprint density at radius 2 is 2.09 bits per heavy atom. The summed E-state index contributed by atoms with van der Waals surface area (Å²) in [6.45, 7) is 4.75. The maximum Gasteiger partial charge on any atom is 0.317 e. The van der Waals surface area contributed by atoms with Crippen molar-refractivity contribution in [2.24, 2.45) is 5.92 Å². The molecule has 0 bridgehead atoms. The minimum atomic E-state index is -0.835. The molecule has 2 atom stereocenters. The molecule has 1 fully saturated rings. The predicted octanol–water partition coefficient (Wildman–Crippen LogP) is 2.40. The van der Waals surface area contributed by atoms with Crippen LogP contribution in [0.4, 0.5) is 4.79 Å². The van der Waals surface area contributed by atoms with E-state index >= 15 is 0 Å². The fraction of sp³-hybridized carbons (Fsp3) is 0.529. The number of aliphatic carboxylic acids is 1. The van der Waals surface area contributed by atoms with Crippen molar-refractivity contribution in [3.63, 3.8) is 0 Å². The average Bonchev–Trinajstić information content (AvgIpc) is 2.96. The summed E-state index contributed by atoms with van der Waals surface area (Å²) < 4.78 is 5.96. The van der Waals surface area contributed by atoms with Crippen LogP contribution in [0.25, 0.3) is 0 Å². The Hall–Kier alpha value is -2.24. The van der Waals surface area contributed by atoms with Gasteiger partial charge in [-0.05, 0) is 26.3 Å². The molecule has 0 radical (unpaired) electrons. The molecule has 1 saturated heterocycles. The standard InChI is InChI=1S/C17H22N2O4/c1-17(2)9-13(12-5-3-4-6-14(12)23-17)18-16(22)19-8-7-11(10-19)15(20)21/h3-6,11,13H,7-10H2,1-2H3,(H,18,22)(H,20,21). The number of amides is 2. The molecule has 2 aliphatic heterocycles. The number of hydrogen-bond acceptors (Lipinski definition) is 3. The van der Waals surface area contributed by atoms with E-state index in [-0.39, 0.29) is 24.2 Å². The number of carbonyl (C=O) groups is 2. The quantitative estimate of drug-likeness (QED) is 0.877. The van der Waals surface area contributed by atoms with Gasteiger partial charge in [0.1, 0.15) is 11.4 Å². The first-order valence-corrected chi connectivity index (χ1v) is 7.92. The molecule has 1 aromatic rings. The molecule has 2 amide bonds. The molecular weight excluding hydrogens is 296 g/mol. The van der Waals surface area contributed by atoms with Gasteiger partial charge in [-0.2, -0.15) is 0 Å². The molecule has 2 heterocycles. The lowest BCUT2D eigenvalue weighted by molar-refractivity contribution is -0.141. The summed E-state index contributed by atoms with van der Waals surface area (Å²) in [5, 5.41) is 12.1. The summed E-state index contributed by atoms with van der Waals surface area (Å²) in [5.41, 5.74) is 0.607. The fourth-order valence-electron chi connectivity index (χ4n) is 3.32. The van der Waals surface area contributed by atoms with E-state index in [9.17, 15) is 9.59 Å². The number of urea groups is 1. The van der Waals surface area contributed by atoms with Gasteiger partial charge in [-0.1, -0.05) is 18.2 Å². The summed E-state index contributed by atoms with van der Waals surface area (Å²) in [6, 6.07) is 7.37. The van der Waals surface area contributed by atoms with Crippen LogP contribution in [0.3, 0.4) is 0 Å². The largest absolute Gasteiger partial charge is 0.487 e. The lowest BCUT2D eigenvalue weighted by Crippen LogP contribution is -2.45. The summed E-state index contributed by atoms with van der Waals surface area (Å²) in [6.07, 6.45) is 1.19. The van der Waals surface area contributed by atoms with E-state index in [1.54, 1.807) is 4.90 Å². The molecule has 0 aliphatic carbocycles. The third kappa shape index (κ3) is 3.25. The molecule has 0 saturated carbocycles. The topological polar surface area (TPSA) is 78.9 Å². The van der Waals surface area contributed by atoms with E-state index in [0.717, 1.165) is 11.3 Å². The van der Waals surface area contributed by atoms with Crippen molar-refractivity contribution in [1.29, 1.82) is 0 Å². The van der Waals surface area contributed by atoms with Gasteiger partial charge in [0.15, 0.2) is 0 Å². The summed E-state index contributed by atoms with van der Waals surface area (Å²) in [4.78, 5) is 25.1. The third-order valence-corrected chi connectivity index (χ3v) is 4.50. The second-order valence-electron chi connectivity index (χ2n) is 6.88. The SMILES string of the molecule is CC1(C)CC(NC(=O)N2CCC(C(=O)O)C2)c2ccccc2O1. The molecule has 2 aliphatic rings. The van der Waals surface area contributed by atoms with E-state index in [1.807, 2.05) is 38.1 Å². The highest BCUT2D eigenvalue weighted by Gasteiger charge is 2.36. The lowest BCUT2D eigenvalue weighted by atomic mass is 9.90. The van der Waals surface area contributed by atoms with Crippen LogP contribution in [0.5, 0.6) is 5.75 Å². The zero-order valence-corrected chi connectivity index (χ0v) is 13.4. The third-order valence-electron chi connectivity index (χ3n) is 4.50. The van der Waals surface area contributed by atoms with Crippen LogP contribution in [0, 0.1) is 5.92 Å². The van der Waals surface area contributed by atoms with Gasteiger partial charge < -0.3 is 20.1 Å². The van der Waals surface area contributed by atoms with Gasteiger partial charge in [-0.25, -0.2) is 4.79 Å². The number of carboxylic acid groups (broad SMARTS) is 1. The Balaban J connectivity index is 1.72. The summed E-state index contributed by atoms with van der Waals surface area (Å²) >= 11 is 0. The fourth-order valence-corrected chi connectivity index (χ4v) is 3.32. The molecule has 3 rings (SSSR count). The van der Waals surface area contributed by atoms with E-state index in [4.69, 9.17) is 9.84 Å². The second kappa shape index (κ2) is 5.76. The summed E-state index contributed by atoms with van der Waals surface area (Å²) in [5.74, 6) is -0.504. The molecule has 2 unspecified atom stereocenters. The number of fused-ring (bicyclic) bond motifs is 1. The van der Waals surface area contributed by atoms with Crippen molar-refractivity contribution < 1.29 is 19.4 Å². The Morgan fingerprint density at radius 3 is 2.78 bits per heavy atom. The number of ether oxygens (including phenoxy) is 1. The second-order valence-corrected chi connectivity index (χ2v) is 6.88. The highest BCUT2D eigenvalue weighted by atomic mass is 16.5. The van der Waals surface area contributed by atoms with Gasteiger partial charge in [0.2, 0.25) is 0 Å². The number of carbonyl (C=O) groups excluding carboxylic acids is 1. The van der Waals surface area contributed by atoms with Crippen molar-refractivity contribution >= 4 is 12.0 Å². The van der Waals surface area contributed by atoms with Gasteiger partial charge in [0.05, 0.1) is 12.0 Å². The first-order chi connectivity index (χ1) is 10.9. The molecule has 124 valence electrons. The van der Waals surface area contributed by atoms with Gasteiger partial charge in [-0.15, -0.1) is 0 Å². The van der Waals surface area contributed by atoms with Crippen LogP contribution in [-0.4, -0.2) is 40.7 Å². The molecule has 6 nitrogen and oxygen atoms in total. The normalized spacial score (nSPS) is 25.4. The first kappa shape index (κ1) is 15.6. The molecule has 6 heteroatoms. The van der Waals surface area contributed by atoms with Crippen molar-refractivity contribution in [1.82, 2.24) is 10.2 Å². The van der Waals surface area contributed by atoms with Crippen molar-refractivity contribution in [2.45, 2.75) is 38.3 Å². The Bertz CT molecular complexity index is 629. The number of nitrogens with one attached hydrogen (secondary N) is 1. The van der Waals surface area contributed by atoms with Crippen molar-refractivity contribution in [3.8, 4) is 5.75 Å². The number of para-hydroxylation sites is 1. The van der Waals surface area contributed by atoms with Crippen LogP contribution < -0.4 is 10.1 Å². The number of likely N-dealkylation sites (tertiary alicyclic amines) is 1. The van der Waals surface area contributed by atoms with E-state index < -0.39 is 11.9 Å². The molecule has 23 heavy (non-hydrogen) atoms. The van der Waals surface area contributed by atoms with Gasteiger partial charge in [-0.3, -0.25) is 4.79 Å². The number of nitrogens with zero attached hydrogens (tertiary/aromatic N) is 1. The first-order valence-electron chi connectivity index (χ1n) is 7.92. The predicted molar refractivity (Wildman–Crippen MR) is 84.4 cm³/mol. The number of carboxylic acids is 1. The monoisotopic (exact) mass is 318 g/mol. The van der Waals surface area contributed by atoms with E-state index in [2.05, 4.69) is 5.32 Å². The van der Waals surface area contributed by atoms with E-state index in [0.29, 0.717) is 19.4 Å². The van der Waals surface area contributed by atoms with E-state index in [1.165, 1.54) is 0 Å². The molecule has 0 spiro atoms. The van der Waals surface area contributed by atoms with Gasteiger partial charge in [0, 0.05) is 25.1 Å². The minimum absolute atomic E-state index is 0.133. The molecule has 1 aromatic carbocycles. The Morgan fingerprint density at radius 1 is 1.35 bits per heavy atom. The molecule has 0 aromatic heterocycles. The van der Waals surface area contributed by atoms with Crippen molar-refractivity contribution in [2.75, 3.05) is 13.1 Å². The van der Waals surface area contributed by atoms with Crippen LogP contribution in [0.1, 0.15) is 38.3 Å². The molecule has 2 N–H and O–H groups in total. The zero-order valence-electron chi connectivity index (χ0n) is 13.4. The smallest absolute Gasteiger partial charge is 0.317 e. The van der Waals surface area contributed by atoms with Gasteiger partial charge >= 0.3 is 12.0 Å². The number of rotatable bonds is 2. The summed E-state index contributed by atoms with van der Waals surface area (Å²) in [7, 11) is 0. The molecular formula is C17H22N2O4. The van der Waals surface area contributed by atoms with Crippen molar-refractivity contribution in [3.05, 3.63) is 29.8 Å². The highest BCUT2D eigenvalue weighted by molar-refractivity contribution is 5.78. The lowest BCUT2D eigenvalue weighted by Gasteiger charge is -2.38. The van der Waals surface area contributed by atoms with Crippen LogP contribution in [-0.2, 0) is 4.79 Å². The number of benzene rings is 1. The maximum absolute atomic E-state index is 12.5.